The van der Waals surface area contributed by atoms with Gasteiger partial charge in [0.1, 0.15) is 6.04 Å². The second-order valence-corrected chi connectivity index (χ2v) is 7.04. The fourth-order valence-corrected chi connectivity index (χ4v) is 4.47. The summed E-state index contributed by atoms with van der Waals surface area (Å²) in [5.74, 6) is -0.578. The molecule has 1 aromatic carbocycles. The van der Waals surface area contributed by atoms with Gasteiger partial charge in [0, 0.05) is 11.8 Å². The van der Waals surface area contributed by atoms with Crippen LogP contribution in [-0.4, -0.2) is 33.6 Å². The van der Waals surface area contributed by atoms with Crippen LogP contribution in [0.15, 0.2) is 58.9 Å². The lowest BCUT2D eigenvalue weighted by atomic mass is 9.97. The van der Waals surface area contributed by atoms with Gasteiger partial charge >= 0.3 is 5.97 Å². The quantitative estimate of drug-likeness (QED) is 0.481. The number of rotatable bonds is 4. The molecule has 0 radical (unpaired) electrons. The molecule has 2 heterocycles. The molecular formula is C16H15NO3S2. The number of allylic oxidation sites excluding steroid dienone is 2. The van der Waals surface area contributed by atoms with Crippen LogP contribution in [0.1, 0.15) is 6.92 Å². The van der Waals surface area contributed by atoms with Crippen LogP contribution in [0.2, 0.25) is 0 Å². The third-order valence-electron chi connectivity index (χ3n) is 3.34. The van der Waals surface area contributed by atoms with Gasteiger partial charge in [0.2, 0.25) is 6.10 Å². The van der Waals surface area contributed by atoms with Crippen LogP contribution in [0, 0.1) is 0 Å². The number of nitrogens with zero attached hydrogens (tertiary/aromatic N) is 1. The van der Waals surface area contributed by atoms with E-state index in [9.17, 15) is 9.59 Å². The number of β-lactam (4-membered cyclic amide) rings is 1. The van der Waals surface area contributed by atoms with Crippen molar-refractivity contribution >= 4 is 35.6 Å². The Morgan fingerprint density at radius 3 is 2.68 bits per heavy atom. The maximum absolute atomic E-state index is 12.3. The minimum atomic E-state index is -0.692. The number of hydrogen-bond acceptors (Lipinski definition) is 5. The number of hydrogen-bond donors (Lipinski definition) is 0. The summed E-state index contributed by atoms with van der Waals surface area (Å²) < 4.78 is 6.93. The van der Waals surface area contributed by atoms with Gasteiger partial charge in [0.25, 0.3) is 5.91 Å². The number of carbonyl (C=O) groups is 2. The van der Waals surface area contributed by atoms with Gasteiger partial charge in [-0.25, -0.2) is 0 Å². The van der Waals surface area contributed by atoms with Crippen molar-refractivity contribution in [3.8, 4) is 0 Å². The average molecular weight is 333 g/mol. The highest BCUT2D eigenvalue weighted by molar-refractivity contribution is 8.03. The minimum absolute atomic E-state index is 0.0864. The molecule has 6 heteroatoms. The topological polar surface area (TPSA) is 46.6 Å². The molecule has 1 amide bonds. The summed E-state index contributed by atoms with van der Waals surface area (Å²) in [6.45, 7) is 1.33. The Morgan fingerprint density at radius 1 is 1.27 bits per heavy atom. The fraction of sp³-hybridized carbons (Fsp3) is 0.250. The molecule has 3 rings (SSSR count). The Balaban J connectivity index is 1.78. The number of ether oxygens (including phenoxy) is 1. The lowest BCUT2D eigenvalue weighted by Gasteiger charge is -2.47. The molecule has 1 fully saturated rings. The molecule has 4 nitrogen and oxygen atoms in total. The molecule has 2 aliphatic rings. The van der Waals surface area contributed by atoms with Crippen molar-refractivity contribution in [2.45, 2.75) is 29.2 Å². The van der Waals surface area contributed by atoms with Crippen LogP contribution in [0.3, 0.4) is 0 Å². The maximum atomic E-state index is 12.3. The lowest BCUT2D eigenvalue weighted by molar-refractivity contribution is -0.172. The highest BCUT2D eigenvalue weighted by atomic mass is 32.2. The SMILES string of the molecule is CC(=O)O[C@@H]1C(=O)N(Sc2ccccc2)[C@H]1C1C=CC=CS1. The van der Waals surface area contributed by atoms with Crippen molar-refractivity contribution in [1.82, 2.24) is 4.31 Å². The Labute approximate surface area is 137 Å². The Morgan fingerprint density at radius 2 is 2.05 bits per heavy atom. The molecule has 0 saturated carbocycles. The van der Waals surface area contributed by atoms with Crippen LogP contribution in [0.4, 0.5) is 0 Å². The van der Waals surface area contributed by atoms with Crippen LogP contribution >= 0.6 is 23.7 Å². The predicted octanol–water partition coefficient (Wildman–Crippen LogP) is 3.02. The molecule has 0 bridgehead atoms. The average Bonchev–Trinajstić information content (AvgIpc) is 2.55. The van der Waals surface area contributed by atoms with Crippen molar-refractivity contribution in [2.75, 3.05) is 0 Å². The highest BCUT2D eigenvalue weighted by Crippen LogP contribution is 2.41. The van der Waals surface area contributed by atoms with Gasteiger partial charge in [0.15, 0.2) is 0 Å². The smallest absolute Gasteiger partial charge is 0.303 e. The maximum Gasteiger partial charge on any atom is 0.303 e. The van der Waals surface area contributed by atoms with E-state index in [1.165, 1.54) is 18.9 Å². The van der Waals surface area contributed by atoms with Crippen molar-refractivity contribution in [1.29, 1.82) is 0 Å². The van der Waals surface area contributed by atoms with E-state index in [1.54, 1.807) is 16.1 Å². The predicted molar refractivity (Wildman–Crippen MR) is 88.1 cm³/mol. The zero-order chi connectivity index (χ0) is 15.5. The lowest BCUT2D eigenvalue weighted by Crippen LogP contribution is -2.66. The van der Waals surface area contributed by atoms with Crippen molar-refractivity contribution < 1.29 is 14.3 Å². The molecule has 0 spiro atoms. The molecular weight excluding hydrogens is 318 g/mol. The first-order valence-corrected chi connectivity index (χ1v) is 8.60. The van der Waals surface area contributed by atoms with Crippen LogP contribution in [0.5, 0.6) is 0 Å². The second-order valence-electron chi connectivity index (χ2n) is 4.90. The molecule has 2 aliphatic heterocycles. The first-order chi connectivity index (χ1) is 10.7. The number of esters is 1. The summed E-state index contributed by atoms with van der Waals surface area (Å²) in [5.41, 5.74) is 0. The minimum Gasteiger partial charge on any atom is -0.450 e. The molecule has 22 heavy (non-hydrogen) atoms. The summed E-state index contributed by atoms with van der Waals surface area (Å²) in [6.07, 6.45) is 5.26. The first kappa shape index (κ1) is 15.2. The molecule has 0 aromatic heterocycles. The summed E-state index contributed by atoms with van der Waals surface area (Å²) in [5, 5.41) is 2.08. The van der Waals surface area contributed by atoms with Crippen molar-refractivity contribution in [2.24, 2.45) is 0 Å². The fourth-order valence-electron chi connectivity index (χ4n) is 2.36. The Kier molecular flexibility index (Phi) is 4.59. The van der Waals surface area contributed by atoms with E-state index in [1.807, 2.05) is 54.0 Å². The monoisotopic (exact) mass is 333 g/mol. The van der Waals surface area contributed by atoms with Crippen molar-refractivity contribution in [3.63, 3.8) is 0 Å². The summed E-state index contributed by atoms with van der Waals surface area (Å²) >= 11 is 3.02. The van der Waals surface area contributed by atoms with Gasteiger partial charge in [0.05, 0.1) is 5.25 Å². The van der Waals surface area contributed by atoms with Gasteiger partial charge in [-0.05, 0) is 29.5 Å². The van der Waals surface area contributed by atoms with Crippen LogP contribution in [-0.2, 0) is 14.3 Å². The van der Waals surface area contributed by atoms with E-state index in [2.05, 4.69) is 0 Å². The zero-order valence-electron chi connectivity index (χ0n) is 11.9. The van der Waals surface area contributed by atoms with E-state index in [-0.39, 0.29) is 17.2 Å². The molecule has 1 aromatic rings. The van der Waals surface area contributed by atoms with E-state index < -0.39 is 12.1 Å². The normalized spacial score (nSPS) is 26.7. The largest absolute Gasteiger partial charge is 0.450 e. The highest BCUT2D eigenvalue weighted by Gasteiger charge is 2.53. The van der Waals surface area contributed by atoms with Gasteiger partial charge in [-0.15, -0.1) is 11.8 Å². The molecule has 114 valence electrons. The van der Waals surface area contributed by atoms with Gasteiger partial charge in [-0.3, -0.25) is 13.9 Å². The molecule has 3 atom stereocenters. The Hall–Kier alpha value is -1.66. The van der Waals surface area contributed by atoms with Gasteiger partial charge < -0.3 is 4.74 Å². The summed E-state index contributed by atoms with van der Waals surface area (Å²) in [6, 6.07) is 9.56. The van der Waals surface area contributed by atoms with Crippen molar-refractivity contribution in [3.05, 3.63) is 54.0 Å². The summed E-state index contributed by atoms with van der Waals surface area (Å²) in [4.78, 5) is 24.6. The number of benzene rings is 1. The third-order valence-corrected chi connectivity index (χ3v) is 5.51. The molecule has 1 unspecified atom stereocenters. The van der Waals surface area contributed by atoms with Gasteiger partial charge in [-0.1, -0.05) is 36.4 Å². The third kappa shape index (κ3) is 3.08. The van der Waals surface area contributed by atoms with Crippen LogP contribution in [0.25, 0.3) is 0 Å². The molecule has 0 N–H and O–H groups in total. The second kappa shape index (κ2) is 6.62. The molecule has 0 aliphatic carbocycles. The first-order valence-electron chi connectivity index (χ1n) is 6.89. The van der Waals surface area contributed by atoms with Crippen LogP contribution < -0.4 is 0 Å². The standard InChI is InChI=1S/C16H15NO3S2/c1-11(18)20-15-14(13-9-5-6-10-21-13)17(16(15)19)22-12-7-3-2-4-8-12/h2-10,13-15H,1H3/t13?,14-,15-/m0/s1. The Bertz CT molecular complexity index is 630. The van der Waals surface area contributed by atoms with E-state index in [4.69, 9.17) is 4.74 Å². The molecule has 1 saturated heterocycles. The summed E-state index contributed by atoms with van der Waals surface area (Å²) in [7, 11) is 0. The number of amides is 1. The zero-order valence-corrected chi connectivity index (χ0v) is 13.5. The van der Waals surface area contributed by atoms with E-state index in [0.717, 1.165) is 4.90 Å². The van der Waals surface area contributed by atoms with Gasteiger partial charge in [-0.2, -0.15) is 0 Å². The van der Waals surface area contributed by atoms with E-state index >= 15 is 0 Å². The van der Waals surface area contributed by atoms with E-state index in [0.29, 0.717) is 0 Å². The number of thioether (sulfide) groups is 1. The number of carbonyl (C=O) groups excluding carboxylic acids is 2.